The van der Waals surface area contributed by atoms with Crippen molar-refractivity contribution in [1.82, 2.24) is 9.94 Å². The fourth-order valence-electron chi connectivity index (χ4n) is 1.25. The Hall–Kier alpha value is -1.06. The Balaban J connectivity index is 2.10. The van der Waals surface area contributed by atoms with Gasteiger partial charge in [-0.2, -0.15) is 0 Å². The lowest BCUT2D eigenvalue weighted by atomic mass is 10.2. The van der Waals surface area contributed by atoms with Crippen molar-refractivity contribution in [3.63, 3.8) is 0 Å². The van der Waals surface area contributed by atoms with Crippen LogP contribution in [0, 0.1) is 0 Å². The van der Waals surface area contributed by atoms with Crippen molar-refractivity contribution in [3.05, 3.63) is 40.5 Å². The first-order valence-electron chi connectivity index (χ1n) is 4.57. The second-order valence-electron chi connectivity index (χ2n) is 3.17. The van der Waals surface area contributed by atoms with Gasteiger partial charge >= 0.3 is 0 Å². The number of hydrogen-bond acceptors (Lipinski definition) is 3. The molecule has 0 aliphatic heterocycles. The summed E-state index contributed by atoms with van der Waals surface area (Å²) >= 11 is 3.46. The smallest absolute Gasteiger partial charge is 0.236 e. The summed E-state index contributed by atoms with van der Waals surface area (Å²) in [5.74, 6) is 0.391. The molecular weight excluding hydrogens is 291 g/mol. The van der Waals surface area contributed by atoms with E-state index in [1.165, 1.54) is 6.20 Å². The summed E-state index contributed by atoms with van der Waals surface area (Å²) in [5, 5.41) is 13.8. The first kappa shape index (κ1) is 11.4. The molecule has 84 valence electrons. The van der Waals surface area contributed by atoms with Crippen LogP contribution in [0.15, 0.2) is 34.9 Å². The van der Waals surface area contributed by atoms with E-state index in [2.05, 4.69) is 30.3 Å². The van der Waals surface area contributed by atoms with Crippen molar-refractivity contribution in [2.24, 2.45) is 0 Å². The molecule has 2 rings (SSSR count). The van der Waals surface area contributed by atoms with E-state index < -0.39 is 0 Å². The number of rotatable bonds is 3. The normalized spacial score (nSPS) is 10.4. The SMILES string of the molecule is On1ccc(OCc2c(P)cccc2Br)n1. The van der Waals surface area contributed by atoms with Crippen molar-refractivity contribution in [2.75, 3.05) is 0 Å². The molecule has 1 N–H and O–H groups in total. The average molecular weight is 301 g/mol. The molecule has 0 amide bonds. The minimum Gasteiger partial charge on any atom is -0.472 e. The van der Waals surface area contributed by atoms with Crippen LogP contribution in [0.5, 0.6) is 5.88 Å². The Morgan fingerprint density at radius 2 is 2.25 bits per heavy atom. The van der Waals surface area contributed by atoms with Crippen molar-refractivity contribution in [2.45, 2.75) is 6.61 Å². The Morgan fingerprint density at radius 1 is 1.44 bits per heavy atom. The summed E-state index contributed by atoms with van der Waals surface area (Å²) < 4.78 is 6.43. The van der Waals surface area contributed by atoms with Crippen molar-refractivity contribution >= 4 is 30.5 Å². The number of ether oxygens (including phenoxy) is 1. The number of nitrogens with zero attached hydrogens (tertiary/aromatic N) is 2. The summed E-state index contributed by atoms with van der Waals surface area (Å²) in [6.07, 6.45) is 1.41. The Morgan fingerprint density at radius 3 is 2.88 bits per heavy atom. The van der Waals surface area contributed by atoms with Crippen LogP contribution in [0.25, 0.3) is 0 Å². The standard InChI is InChI=1S/C10H10BrN2O2P/c11-8-2-1-3-9(16)7(8)6-15-10-4-5-13(14)12-10/h1-5,14H,6,16H2. The predicted octanol–water partition coefficient (Wildman–Crippen LogP) is 1.96. The van der Waals surface area contributed by atoms with Crippen LogP contribution in [-0.4, -0.2) is 15.2 Å². The van der Waals surface area contributed by atoms with Crippen LogP contribution in [0.2, 0.25) is 0 Å². The molecule has 0 aliphatic carbocycles. The molecule has 6 heteroatoms. The summed E-state index contributed by atoms with van der Waals surface area (Å²) in [6, 6.07) is 7.49. The molecule has 1 aromatic carbocycles. The highest BCUT2D eigenvalue weighted by Crippen LogP contribution is 2.18. The fraction of sp³-hybridized carbons (Fsp3) is 0.100. The Bertz CT molecular complexity index is 481. The zero-order valence-electron chi connectivity index (χ0n) is 8.30. The number of benzene rings is 1. The quantitative estimate of drug-likeness (QED) is 0.696. The van der Waals surface area contributed by atoms with E-state index in [0.717, 1.165) is 20.2 Å². The highest BCUT2D eigenvalue weighted by molar-refractivity contribution is 9.10. The second kappa shape index (κ2) is 4.85. The van der Waals surface area contributed by atoms with Crippen molar-refractivity contribution in [3.8, 4) is 5.88 Å². The van der Waals surface area contributed by atoms with Crippen LogP contribution >= 0.6 is 25.2 Å². The molecule has 0 saturated carbocycles. The maximum Gasteiger partial charge on any atom is 0.236 e. The zero-order chi connectivity index (χ0) is 11.5. The van der Waals surface area contributed by atoms with Gasteiger partial charge in [0, 0.05) is 16.1 Å². The van der Waals surface area contributed by atoms with Gasteiger partial charge in [-0.15, -0.1) is 14.1 Å². The van der Waals surface area contributed by atoms with Crippen LogP contribution in [0.4, 0.5) is 0 Å². The summed E-state index contributed by atoms with van der Waals surface area (Å²) in [7, 11) is 2.65. The fourth-order valence-corrected chi connectivity index (χ4v) is 2.31. The van der Waals surface area contributed by atoms with Gasteiger partial charge in [-0.1, -0.05) is 33.2 Å². The van der Waals surface area contributed by atoms with E-state index in [1.54, 1.807) is 6.07 Å². The summed E-state index contributed by atoms with van der Waals surface area (Å²) in [6.45, 7) is 0.400. The van der Waals surface area contributed by atoms with E-state index >= 15 is 0 Å². The van der Waals surface area contributed by atoms with Crippen LogP contribution in [-0.2, 0) is 6.61 Å². The molecule has 1 atom stereocenters. The lowest BCUT2D eigenvalue weighted by molar-refractivity contribution is 0.141. The van der Waals surface area contributed by atoms with E-state index in [0.29, 0.717) is 12.5 Å². The largest absolute Gasteiger partial charge is 0.472 e. The molecule has 0 spiro atoms. The number of halogens is 1. The van der Waals surface area contributed by atoms with Crippen LogP contribution < -0.4 is 10.0 Å². The lowest BCUT2D eigenvalue weighted by Gasteiger charge is -2.08. The average Bonchev–Trinajstić information content (AvgIpc) is 2.63. The van der Waals surface area contributed by atoms with Gasteiger partial charge in [-0.05, 0) is 11.4 Å². The molecule has 4 nitrogen and oxygen atoms in total. The van der Waals surface area contributed by atoms with Gasteiger partial charge in [-0.3, -0.25) is 0 Å². The minimum absolute atomic E-state index is 0.391. The third kappa shape index (κ3) is 2.54. The third-order valence-corrected chi connectivity index (χ3v) is 3.35. The van der Waals surface area contributed by atoms with Gasteiger partial charge < -0.3 is 9.94 Å². The molecule has 1 heterocycles. The molecule has 2 aromatic rings. The molecule has 16 heavy (non-hydrogen) atoms. The maximum absolute atomic E-state index is 8.97. The second-order valence-corrected chi connectivity index (χ2v) is 4.65. The van der Waals surface area contributed by atoms with Gasteiger partial charge in [0.2, 0.25) is 5.88 Å². The highest BCUT2D eigenvalue weighted by atomic mass is 79.9. The molecule has 1 unspecified atom stereocenters. The van der Waals surface area contributed by atoms with E-state index in [9.17, 15) is 0 Å². The number of hydrogen-bond donors (Lipinski definition) is 1. The van der Waals surface area contributed by atoms with Gasteiger partial charge in [0.05, 0.1) is 6.20 Å². The predicted molar refractivity (Wildman–Crippen MR) is 67.2 cm³/mol. The first-order chi connectivity index (χ1) is 7.66. The third-order valence-electron chi connectivity index (χ3n) is 2.07. The monoisotopic (exact) mass is 300 g/mol. The maximum atomic E-state index is 8.97. The first-order valence-corrected chi connectivity index (χ1v) is 5.94. The molecule has 0 saturated heterocycles. The molecule has 0 radical (unpaired) electrons. The Labute approximate surface area is 104 Å². The van der Waals surface area contributed by atoms with Gasteiger partial charge in [0.15, 0.2) is 0 Å². The number of aromatic nitrogens is 2. The highest BCUT2D eigenvalue weighted by Gasteiger charge is 2.05. The molecule has 0 aliphatic rings. The van der Waals surface area contributed by atoms with E-state index in [4.69, 9.17) is 9.94 Å². The molecule has 1 aromatic heterocycles. The Kier molecular flexibility index (Phi) is 3.46. The molecule has 0 fully saturated rings. The minimum atomic E-state index is 0.391. The van der Waals surface area contributed by atoms with Crippen LogP contribution in [0.1, 0.15) is 5.56 Å². The summed E-state index contributed by atoms with van der Waals surface area (Å²) in [4.78, 5) is 0.719. The topological polar surface area (TPSA) is 47.3 Å². The van der Waals surface area contributed by atoms with Crippen molar-refractivity contribution in [1.29, 1.82) is 0 Å². The lowest BCUT2D eigenvalue weighted by Crippen LogP contribution is -2.07. The summed E-state index contributed by atoms with van der Waals surface area (Å²) in [5.41, 5.74) is 1.04. The van der Waals surface area contributed by atoms with Gasteiger partial charge in [0.25, 0.3) is 0 Å². The van der Waals surface area contributed by atoms with E-state index in [-0.39, 0.29) is 0 Å². The van der Waals surface area contributed by atoms with Gasteiger partial charge in [-0.25, -0.2) is 0 Å². The molecule has 0 bridgehead atoms. The van der Waals surface area contributed by atoms with Gasteiger partial charge in [0.1, 0.15) is 6.61 Å². The van der Waals surface area contributed by atoms with Crippen molar-refractivity contribution < 1.29 is 9.94 Å². The zero-order valence-corrected chi connectivity index (χ0v) is 11.0. The van der Waals surface area contributed by atoms with Crippen LogP contribution in [0.3, 0.4) is 0 Å². The van der Waals surface area contributed by atoms with E-state index in [1.807, 2.05) is 18.2 Å². The molecular formula is C10H10BrN2O2P.